The lowest BCUT2D eigenvalue weighted by Crippen LogP contribution is -2.39. The molecule has 0 spiro atoms. The number of aliphatic imine (C=N–C) groups is 1. The predicted molar refractivity (Wildman–Crippen MR) is 91.9 cm³/mol. The summed E-state index contributed by atoms with van der Waals surface area (Å²) < 4.78 is 10.5. The van der Waals surface area contributed by atoms with E-state index in [9.17, 15) is 0 Å². The molecule has 5 nitrogen and oxygen atoms in total. The van der Waals surface area contributed by atoms with Crippen LogP contribution < -0.4 is 15.4 Å². The van der Waals surface area contributed by atoms with Gasteiger partial charge in [0.15, 0.2) is 5.96 Å². The van der Waals surface area contributed by atoms with Gasteiger partial charge in [-0.15, -0.1) is 0 Å². The highest BCUT2D eigenvalue weighted by atomic mass is 16.5. The van der Waals surface area contributed by atoms with Crippen LogP contribution in [0.15, 0.2) is 29.3 Å². The first-order chi connectivity index (χ1) is 10.7. The highest BCUT2D eigenvalue weighted by molar-refractivity contribution is 5.79. The van der Waals surface area contributed by atoms with Crippen LogP contribution in [-0.4, -0.2) is 46.4 Å². The minimum Gasteiger partial charge on any atom is -0.497 e. The summed E-state index contributed by atoms with van der Waals surface area (Å²) in [5.41, 5.74) is 1.32. The maximum Gasteiger partial charge on any atom is 0.191 e. The van der Waals surface area contributed by atoms with Gasteiger partial charge in [-0.25, -0.2) is 0 Å². The van der Waals surface area contributed by atoms with Crippen molar-refractivity contribution in [2.45, 2.75) is 26.2 Å². The monoisotopic (exact) mass is 307 g/mol. The number of benzene rings is 1. The normalized spacial score (nSPS) is 12.8. The number of hydrogen-bond acceptors (Lipinski definition) is 3. The number of rotatable bonds is 9. The van der Waals surface area contributed by atoms with E-state index in [2.05, 4.69) is 34.7 Å². The molecule has 1 atom stereocenters. The molecule has 0 heterocycles. The van der Waals surface area contributed by atoms with Gasteiger partial charge in [-0.05, 0) is 37.0 Å². The Labute approximate surface area is 134 Å². The Bertz CT molecular complexity index is 432. The lowest BCUT2D eigenvalue weighted by molar-refractivity contribution is 0.152. The largest absolute Gasteiger partial charge is 0.497 e. The van der Waals surface area contributed by atoms with E-state index in [0.29, 0.717) is 12.5 Å². The molecule has 22 heavy (non-hydrogen) atoms. The van der Waals surface area contributed by atoms with Gasteiger partial charge in [-0.3, -0.25) is 4.99 Å². The van der Waals surface area contributed by atoms with E-state index in [0.717, 1.165) is 37.8 Å². The Hall–Kier alpha value is -1.75. The van der Waals surface area contributed by atoms with Crippen molar-refractivity contribution in [3.05, 3.63) is 29.8 Å². The van der Waals surface area contributed by atoms with E-state index < -0.39 is 0 Å². The smallest absolute Gasteiger partial charge is 0.191 e. The molecule has 0 fully saturated rings. The van der Waals surface area contributed by atoms with Gasteiger partial charge in [0.2, 0.25) is 0 Å². The van der Waals surface area contributed by atoms with Crippen LogP contribution in [0.5, 0.6) is 5.75 Å². The summed E-state index contributed by atoms with van der Waals surface area (Å²) in [6, 6.07) is 8.26. The van der Waals surface area contributed by atoms with E-state index in [4.69, 9.17) is 9.47 Å². The second-order valence-electron chi connectivity index (χ2n) is 5.09. The van der Waals surface area contributed by atoms with Crippen LogP contribution in [-0.2, 0) is 4.74 Å². The number of nitrogens with one attached hydrogen (secondary N) is 2. The lowest BCUT2D eigenvalue weighted by atomic mass is 9.98. The average Bonchev–Trinajstić information content (AvgIpc) is 2.57. The second-order valence-corrected chi connectivity index (χ2v) is 5.09. The highest BCUT2D eigenvalue weighted by Crippen LogP contribution is 2.21. The van der Waals surface area contributed by atoms with Crippen molar-refractivity contribution in [1.29, 1.82) is 0 Å². The van der Waals surface area contributed by atoms with Crippen molar-refractivity contribution >= 4 is 5.96 Å². The van der Waals surface area contributed by atoms with Crippen LogP contribution in [0.25, 0.3) is 0 Å². The van der Waals surface area contributed by atoms with E-state index >= 15 is 0 Å². The first kappa shape index (κ1) is 18.3. The van der Waals surface area contributed by atoms with Crippen LogP contribution in [0.3, 0.4) is 0 Å². The van der Waals surface area contributed by atoms with Gasteiger partial charge in [0.1, 0.15) is 5.75 Å². The molecular formula is C17H29N3O2. The summed E-state index contributed by atoms with van der Waals surface area (Å²) in [4.78, 5) is 4.20. The molecule has 5 heteroatoms. The molecule has 1 aromatic carbocycles. The minimum atomic E-state index is 0.486. The second kappa shape index (κ2) is 10.9. The summed E-state index contributed by atoms with van der Waals surface area (Å²) in [5.74, 6) is 2.20. The Morgan fingerprint density at radius 1 is 1.18 bits per heavy atom. The fourth-order valence-corrected chi connectivity index (χ4v) is 2.11. The molecule has 2 N–H and O–H groups in total. The maximum absolute atomic E-state index is 5.29. The third-order valence-corrected chi connectivity index (χ3v) is 3.52. The highest BCUT2D eigenvalue weighted by Gasteiger charge is 2.06. The Morgan fingerprint density at radius 3 is 2.45 bits per heavy atom. The molecule has 0 amide bonds. The molecule has 0 aliphatic rings. The Morgan fingerprint density at radius 2 is 1.86 bits per heavy atom. The summed E-state index contributed by atoms with van der Waals surface area (Å²) in [7, 11) is 3.47. The maximum atomic E-state index is 5.29. The Kier molecular flexibility index (Phi) is 9.07. The molecular weight excluding hydrogens is 278 g/mol. The average molecular weight is 307 g/mol. The number of hydrogen-bond donors (Lipinski definition) is 2. The zero-order chi connectivity index (χ0) is 16.2. The topological polar surface area (TPSA) is 54.9 Å². The number of ether oxygens (including phenoxy) is 2. The van der Waals surface area contributed by atoms with Gasteiger partial charge >= 0.3 is 0 Å². The molecule has 0 saturated heterocycles. The molecule has 0 bridgehead atoms. The lowest BCUT2D eigenvalue weighted by Gasteiger charge is -2.15. The van der Waals surface area contributed by atoms with Gasteiger partial charge in [0.05, 0.1) is 13.7 Å². The number of methoxy groups -OCH3 is 1. The van der Waals surface area contributed by atoms with Gasteiger partial charge in [0, 0.05) is 26.7 Å². The van der Waals surface area contributed by atoms with Gasteiger partial charge in [-0.2, -0.15) is 0 Å². The Balaban J connectivity index is 2.28. The SMILES string of the molecule is CCOCCNC(=NC)NCCC(C)c1ccc(OC)cc1. The van der Waals surface area contributed by atoms with Crippen LogP contribution in [0.4, 0.5) is 0 Å². The van der Waals surface area contributed by atoms with Crippen molar-refractivity contribution in [1.82, 2.24) is 10.6 Å². The molecule has 0 radical (unpaired) electrons. The standard InChI is InChI=1S/C17H29N3O2/c1-5-22-13-12-20-17(18-3)19-11-10-14(2)15-6-8-16(21-4)9-7-15/h6-9,14H,5,10-13H2,1-4H3,(H2,18,19,20). The first-order valence-electron chi connectivity index (χ1n) is 7.87. The summed E-state index contributed by atoms with van der Waals surface area (Å²) in [6.45, 7) is 7.30. The fraction of sp³-hybridized carbons (Fsp3) is 0.588. The van der Waals surface area contributed by atoms with E-state index in [1.54, 1.807) is 14.2 Å². The molecule has 1 unspecified atom stereocenters. The van der Waals surface area contributed by atoms with Crippen molar-refractivity contribution in [2.24, 2.45) is 4.99 Å². The zero-order valence-electron chi connectivity index (χ0n) is 14.2. The molecule has 0 aliphatic carbocycles. The molecule has 1 rings (SSSR count). The predicted octanol–water partition coefficient (Wildman–Crippen LogP) is 2.39. The summed E-state index contributed by atoms with van der Waals surface area (Å²) in [6.07, 6.45) is 1.04. The molecule has 0 saturated carbocycles. The van der Waals surface area contributed by atoms with Gasteiger partial charge in [0.25, 0.3) is 0 Å². The third kappa shape index (κ3) is 6.80. The fourth-order valence-electron chi connectivity index (χ4n) is 2.11. The van der Waals surface area contributed by atoms with Crippen molar-refractivity contribution in [2.75, 3.05) is 40.5 Å². The van der Waals surface area contributed by atoms with Crippen LogP contribution in [0.1, 0.15) is 31.7 Å². The van der Waals surface area contributed by atoms with Crippen molar-refractivity contribution in [3.63, 3.8) is 0 Å². The van der Waals surface area contributed by atoms with E-state index in [1.807, 2.05) is 19.1 Å². The zero-order valence-corrected chi connectivity index (χ0v) is 14.2. The van der Waals surface area contributed by atoms with Crippen LogP contribution >= 0.6 is 0 Å². The van der Waals surface area contributed by atoms with Gasteiger partial charge in [-0.1, -0.05) is 19.1 Å². The molecule has 0 aromatic heterocycles. The van der Waals surface area contributed by atoms with E-state index in [1.165, 1.54) is 5.56 Å². The molecule has 0 aliphatic heterocycles. The quantitative estimate of drug-likeness (QED) is 0.418. The number of nitrogens with zero attached hydrogens (tertiary/aromatic N) is 1. The summed E-state index contributed by atoms with van der Waals surface area (Å²) in [5, 5.41) is 6.56. The summed E-state index contributed by atoms with van der Waals surface area (Å²) >= 11 is 0. The van der Waals surface area contributed by atoms with Crippen molar-refractivity contribution < 1.29 is 9.47 Å². The van der Waals surface area contributed by atoms with E-state index in [-0.39, 0.29) is 0 Å². The van der Waals surface area contributed by atoms with Crippen LogP contribution in [0.2, 0.25) is 0 Å². The molecule has 1 aromatic rings. The van der Waals surface area contributed by atoms with Crippen LogP contribution in [0, 0.1) is 0 Å². The number of guanidine groups is 1. The third-order valence-electron chi connectivity index (χ3n) is 3.52. The van der Waals surface area contributed by atoms with Gasteiger partial charge < -0.3 is 20.1 Å². The molecule has 124 valence electrons. The first-order valence-corrected chi connectivity index (χ1v) is 7.87. The minimum absolute atomic E-state index is 0.486. The van der Waals surface area contributed by atoms with Crippen molar-refractivity contribution in [3.8, 4) is 5.75 Å².